The monoisotopic (exact) mass is 394 g/mol. The molecule has 2 aliphatic heterocycles. The van der Waals surface area contributed by atoms with Crippen molar-refractivity contribution in [1.82, 2.24) is 9.80 Å². The summed E-state index contributed by atoms with van der Waals surface area (Å²) in [5.41, 5.74) is 0.677. The Kier molecular flexibility index (Phi) is 5.46. The molecule has 0 bridgehead atoms. The average molecular weight is 394 g/mol. The van der Waals surface area contributed by atoms with Crippen molar-refractivity contribution in [3.8, 4) is 5.75 Å². The van der Waals surface area contributed by atoms with Gasteiger partial charge in [0.1, 0.15) is 5.75 Å². The Morgan fingerprint density at radius 2 is 1.70 bits per heavy atom. The van der Waals surface area contributed by atoms with E-state index in [4.69, 9.17) is 0 Å². The molecular weight excluding hydrogens is 368 g/mol. The zero-order valence-electron chi connectivity index (χ0n) is 15.7. The Hall–Kier alpha value is -2.09. The molecule has 2 heterocycles. The number of carbonyl (C=O) groups is 2. The minimum atomic E-state index is -3.30. The van der Waals surface area contributed by atoms with Crippen LogP contribution in [0.1, 0.15) is 25.8 Å². The molecule has 0 aromatic heterocycles. The van der Waals surface area contributed by atoms with E-state index in [0.29, 0.717) is 25.1 Å². The SMILES string of the molecule is CC(C)CC(=O)N1CCN(C(=O)Cc2cccc(O)c2)[C@H]2CS(=O)(=O)C[C@H]21. The highest BCUT2D eigenvalue weighted by atomic mass is 32.2. The van der Waals surface area contributed by atoms with Crippen molar-refractivity contribution in [2.45, 2.75) is 38.8 Å². The second-order valence-electron chi connectivity index (χ2n) is 7.83. The van der Waals surface area contributed by atoms with Crippen LogP contribution in [0, 0.1) is 5.92 Å². The van der Waals surface area contributed by atoms with Gasteiger partial charge in [0.25, 0.3) is 0 Å². The predicted molar refractivity (Wildman–Crippen MR) is 101 cm³/mol. The predicted octanol–water partition coefficient (Wildman–Crippen LogP) is 0.817. The summed E-state index contributed by atoms with van der Waals surface area (Å²) in [6.45, 7) is 4.60. The van der Waals surface area contributed by atoms with E-state index in [1.165, 1.54) is 12.1 Å². The van der Waals surface area contributed by atoms with Crippen LogP contribution in [0.5, 0.6) is 5.75 Å². The molecular formula is C19H26N2O5S. The van der Waals surface area contributed by atoms with E-state index in [1.54, 1.807) is 21.9 Å². The maximum Gasteiger partial charge on any atom is 0.227 e. The summed E-state index contributed by atoms with van der Waals surface area (Å²) in [6, 6.07) is 5.52. The van der Waals surface area contributed by atoms with Crippen LogP contribution in [-0.2, 0) is 25.8 Å². The number of fused-ring (bicyclic) bond motifs is 1. The minimum Gasteiger partial charge on any atom is -0.508 e. The third-order valence-electron chi connectivity index (χ3n) is 5.17. The number of piperazine rings is 1. The Morgan fingerprint density at radius 3 is 2.26 bits per heavy atom. The maximum atomic E-state index is 12.8. The number of nitrogens with zero attached hydrogens (tertiary/aromatic N) is 2. The highest BCUT2D eigenvalue weighted by molar-refractivity contribution is 7.91. The molecule has 0 radical (unpaired) electrons. The van der Waals surface area contributed by atoms with Gasteiger partial charge in [0.05, 0.1) is 30.0 Å². The minimum absolute atomic E-state index is 0.0443. The molecule has 2 amide bonds. The van der Waals surface area contributed by atoms with Crippen LogP contribution in [0.4, 0.5) is 0 Å². The highest BCUT2D eigenvalue weighted by Gasteiger charge is 2.49. The molecule has 1 aromatic rings. The molecule has 2 fully saturated rings. The molecule has 1 N–H and O–H groups in total. The quantitative estimate of drug-likeness (QED) is 0.816. The smallest absolute Gasteiger partial charge is 0.227 e. The second kappa shape index (κ2) is 7.50. The van der Waals surface area contributed by atoms with Gasteiger partial charge in [-0.15, -0.1) is 0 Å². The fraction of sp³-hybridized carbons (Fsp3) is 0.579. The van der Waals surface area contributed by atoms with Crippen LogP contribution in [0.15, 0.2) is 24.3 Å². The molecule has 7 nitrogen and oxygen atoms in total. The topological polar surface area (TPSA) is 95.0 Å². The normalized spacial score (nSPS) is 24.1. The number of hydrogen-bond donors (Lipinski definition) is 1. The van der Waals surface area contributed by atoms with Crippen molar-refractivity contribution < 1.29 is 23.1 Å². The molecule has 8 heteroatoms. The van der Waals surface area contributed by atoms with Crippen molar-refractivity contribution in [2.75, 3.05) is 24.6 Å². The molecule has 27 heavy (non-hydrogen) atoms. The van der Waals surface area contributed by atoms with Crippen molar-refractivity contribution in [3.05, 3.63) is 29.8 Å². The van der Waals surface area contributed by atoms with E-state index in [1.807, 2.05) is 13.8 Å². The third kappa shape index (κ3) is 4.43. The zero-order chi connectivity index (χ0) is 19.8. The van der Waals surface area contributed by atoms with Crippen LogP contribution < -0.4 is 0 Å². The first-order valence-corrected chi connectivity index (χ1v) is 11.1. The molecule has 0 saturated carbocycles. The molecule has 2 aliphatic rings. The van der Waals surface area contributed by atoms with Crippen LogP contribution in [0.2, 0.25) is 0 Å². The Morgan fingerprint density at radius 1 is 1.11 bits per heavy atom. The van der Waals surface area contributed by atoms with Gasteiger partial charge in [-0.3, -0.25) is 9.59 Å². The Balaban J connectivity index is 1.78. The van der Waals surface area contributed by atoms with Crippen LogP contribution in [0.25, 0.3) is 0 Å². The number of hydrogen-bond acceptors (Lipinski definition) is 5. The lowest BCUT2D eigenvalue weighted by atomic mass is 10.0. The highest BCUT2D eigenvalue weighted by Crippen LogP contribution is 2.28. The third-order valence-corrected chi connectivity index (χ3v) is 6.86. The summed E-state index contributed by atoms with van der Waals surface area (Å²) in [6.07, 6.45) is 0.470. The van der Waals surface area contributed by atoms with E-state index < -0.39 is 21.9 Å². The molecule has 3 rings (SSSR count). The molecule has 0 aliphatic carbocycles. The van der Waals surface area contributed by atoms with Gasteiger partial charge < -0.3 is 14.9 Å². The van der Waals surface area contributed by atoms with Crippen molar-refractivity contribution in [2.24, 2.45) is 5.92 Å². The van der Waals surface area contributed by atoms with Crippen LogP contribution in [0.3, 0.4) is 0 Å². The number of carbonyl (C=O) groups excluding carboxylic acids is 2. The summed E-state index contributed by atoms with van der Waals surface area (Å²) >= 11 is 0. The standard InChI is InChI=1S/C19H26N2O5S/c1-13(2)8-18(23)20-6-7-21(17-12-27(25,26)11-16(17)20)19(24)10-14-4-3-5-15(22)9-14/h3-5,9,13,16-17,22H,6-8,10-12H2,1-2H3/t16-,17+/m1/s1. The van der Waals surface area contributed by atoms with E-state index in [9.17, 15) is 23.1 Å². The molecule has 2 atom stereocenters. The van der Waals surface area contributed by atoms with Gasteiger partial charge in [0.15, 0.2) is 9.84 Å². The zero-order valence-corrected chi connectivity index (χ0v) is 16.5. The molecule has 148 valence electrons. The number of benzene rings is 1. The summed E-state index contributed by atoms with van der Waals surface area (Å²) in [7, 11) is -3.30. The van der Waals surface area contributed by atoms with Gasteiger partial charge in [-0.05, 0) is 23.6 Å². The lowest BCUT2D eigenvalue weighted by molar-refractivity contribution is -0.145. The first kappa shape index (κ1) is 19.7. The van der Waals surface area contributed by atoms with Gasteiger partial charge in [0, 0.05) is 19.5 Å². The number of sulfone groups is 1. The second-order valence-corrected chi connectivity index (χ2v) is 9.98. The van der Waals surface area contributed by atoms with E-state index in [2.05, 4.69) is 0 Å². The van der Waals surface area contributed by atoms with E-state index >= 15 is 0 Å². The van der Waals surface area contributed by atoms with Crippen molar-refractivity contribution >= 4 is 21.7 Å². The van der Waals surface area contributed by atoms with Crippen molar-refractivity contribution in [1.29, 1.82) is 0 Å². The largest absolute Gasteiger partial charge is 0.508 e. The number of phenolic OH excluding ortho intramolecular Hbond substituents is 1. The van der Waals surface area contributed by atoms with Crippen LogP contribution >= 0.6 is 0 Å². The Labute approximate surface area is 159 Å². The van der Waals surface area contributed by atoms with Gasteiger partial charge in [-0.1, -0.05) is 26.0 Å². The maximum absolute atomic E-state index is 12.8. The number of phenols is 1. The first-order valence-electron chi connectivity index (χ1n) is 9.23. The van der Waals surface area contributed by atoms with E-state index in [0.717, 1.165) is 0 Å². The summed E-state index contributed by atoms with van der Waals surface area (Å²) in [4.78, 5) is 28.7. The number of amides is 2. The lowest BCUT2D eigenvalue weighted by Gasteiger charge is -2.44. The van der Waals surface area contributed by atoms with Gasteiger partial charge in [0.2, 0.25) is 11.8 Å². The summed E-state index contributed by atoms with van der Waals surface area (Å²) in [5.74, 6) is -0.127. The van der Waals surface area contributed by atoms with Gasteiger partial charge in [-0.2, -0.15) is 0 Å². The van der Waals surface area contributed by atoms with Gasteiger partial charge >= 0.3 is 0 Å². The van der Waals surface area contributed by atoms with Crippen molar-refractivity contribution in [3.63, 3.8) is 0 Å². The van der Waals surface area contributed by atoms with E-state index in [-0.39, 0.29) is 41.4 Å². The lowest BCUT2D eigenvalue weighted by Crippen LogP contribution is -2.62. The fourth-order valence-corrected chi connectivity index (χ4v) is 5.96. The fourth-order valence-electron chi connectivity index (χ4n) is 3.98. The first-order chi connectivity index (χ1) is 12.7. The Bertz CT molecular complexity index is 836. The number of rotatable bonds is 4. The number of aromatic hydroxyl groups is 1. The van der Waals surface area contributed by atoms with Gasteiger partial charge in [-0.25, -0.2) is 8.42 Å². The summed E-state index contributed by atoms with van der Waals surface area (Å²) in [5, 5.41) is 9.57. The molecule has 2 saturated heterocycles. The average Bonchev–Trinajstić information content (AvgIpc) is 2.87. The molecule has 0 spiro atoms. The summed E-state index contributed by atoms with van der Waals surface area (Å²) < 4.78 is 24.5. The molecule has 0 unspecified atom stereocenters. The molecule has 1 aromatic carbocycles. The van der Waals surface area contributed by atoms with Crippen LogP contribution in [-0.4, -0.2) is 71.8 Å².